The summed E-state index contributed by atoms with van der Waals surface area (Å²) in [5.41, 5.74) is -0.332. The maximum absolute atomic E-state index is 14.1. The Kier molecular flexibility index (Phi) is 5.83. The van der Waals surface area contributed by atoms with Gasteiger partial charge in [-0.15, -0.1) is 0 Å². The molecule has 0 bridgehead atoms. The molecule has 30 heavy (non-hydrogen) atoms. The van der Waals surface area contributed by atoms with Crippen LogP contribution < -0.4 is 10.6 Å². The van der Waals surface area contributed by atoms with E-state index in [1.54, 1.807) is 31.7 Å². The first-order chi connectivity index (χ1) is 14.1. The van der Waals surface area contributed by atoms with Gasteiger partial charge in [-0.1, -0.05) is 25.5 Å². The number of likely N-dealkylation sites (N-methyl/N-ethyl adjacent to an activating group) is 1. The number of likely N-dealkylation sites (tertiary alicyclic amines) is 1. The number of aryl methyl sites for hydroxylation is 1. The molecule has 8 nitrogen and oxygen atoms in total. The number of hydrogen-bond donors (Lipinski definition) is 2. The highest BCUT2D eigenvalue weighted by Gasteiger charge is 2.51. The number of rotatable bonds is 4. The quantitative estimate of drug-likeness (QED) is 0.723. The number of amides is 5. The summed E-state index contributed by atoms with van der Waals surface area (Å²) in [5.74, 6) is -2.08. The van der Waals surface area contributed by atoms with E-state index in [4.69, 9.17) is 0 Å². The Hall–Kier alpha value is -2.97. The Morgan fingerprint density at radius 1 is 1.20 bits per heavy atom. The molecule has 3 rings (SSSR count). The minimum atomic E-state index is -0.968. The predicted octanol–water partition coefficient (Wildman–Crippen LogP) is 1.43. The average molecular weight is 418 g/mol. The van der Waals surface area contributed by atoms with Crippen molar-refractivity contribution in [3.05, 3.63) is 35.1 Å². The fourth-order valence-electron chi connectivity index (χ4n) is 3.95. The topological polar surface area (TPSA) is 98.8 Å². The molecule has 2 heterocycles. The van der Waals surface area contributed by atoms with E-state index in [2.05, 4.69) is 10.6 Å². The molecule has 0 unspecified atom stereocenters. The highest BCUT2D eigenvalue weighted by atomic mass is 19.1. The van der Waals surface area contributed by atoms with Crippen molar-refractivity contribution < 1.29 is 23.6 Å². The van der Waals surface area contributed by atoms with Crippen LogP contribution in [0.1, 0.15) is 42.6 Å². The lowest BCUT2D eigenvalue weighted by molar-refractivity contribution is -0.140. The van der Waals surface area contributed by atoms with Crippen LogP contribution >= 0.6 is 0 Å². The first-order valence-electron chi connectivity index (χ1n) is 10.0. The molecule has 2 fully saturated rings. The van der Waals surface area contributed by atoms with Crippen LogP contribution in [0.2, 0.25) is 0 Å². The van der Waals surface area contributed by atoms with Crippen LogP contribution in [0.15, 0.2) is 18.2 Å². The molecule has 0 aliphatic carbocycles. The average Bonchev–Trinajstić information content (AvgIpc) is 2.91. The van der Waals surface area contributed by atoms with E-state index in [-0.39, 0.29) is 36.4 Å². The van der Waals surface area contributed by atoms with Gasteiger partial charge in [0.15, 0.2) is 0 Å². The minimum absolute atomic E-state index is 0.103. The number of nitrogens with one attached hydrogen (secondary N) is 2. The molecule has 0 aromatic heterocycles. The third kappa shape index (κ3) is 3.88. The summed E-state index contributed by atoms with van der Waals surface area (Å²) >= 11 is 0. The third-order valence-electron chi connectivity index (χ3n) is 5.88. The zero-order chi connectivity index (χ0) is 22.2. The number of halogens is 1. The zero-order valence-electron chi connectivity index (χ0n) is 17.6. The second-order valence-corrected chi connectivity index (χ2v) is 8.38. The van der Waals surface area contributed by atoms with E-state index in [9.17, 15) is 23.6 Å². The zero-order valence-corrected chi connectivity index (χ0v) is 17.6. The lowest BCUT2D eigenvalue weighted by Gasteiger charge is -2.39. The minimum Gasteiger partial charge on any atom is -0.341 e. The van der Waals surface area contributed by atoms with Gasteiger partial charge in [0.1, 0.15) is 17.4 Å². The van der Waals surface area contributed by atoms with Gasteiger partial charge in [-0.05, 0) is 37.8 Å². The highest BCUT2D eigenvalue weighted by Crippen LogP contribution is 2.29. The lowest BCUT2D eigenvalue weighted by Crippen LogP contribution is -2.59. The smallest absolute Gasteiger partial charge is 0.324 e. The van der Waals surface area contributed by atoms with Crippen LogP contribution in [0.25, 0.3) is 0 Å². The van der Waals surface area contributed by atoms with E-state index in [0.717, 1.165) is 10.5 Å². The maximum Gasteiger partial charge on any atom is 0.324 e. The standard InChI is InChI=1S/C21H27FN4O4/c1-12(2)16(23-17(27)14-11-13(3)5-6-15(14)22)18(28)26-9-7-21(8-10-26)19(29)25(4)20(30)24-21/h5-6,11-12,16H,7-10H2,1-4H3,(H,23,27)(H,24,30)/t16-/m1/s1. The van der Waals surface area contributed by atoms with E-state index in [0.29, 0.717) is 12.8 Å². The van der Waals surface area contributed by atoms with Gasteiger partial charge in [-0.25, -0.2) is 9.18 Å². The van der Waals surface area contributed by atoms with E-state index < -0.39 is 29.3 Å². The van der Waals surface area contributed by atoms with Crippen molar-refractivity contribution in [2.24, 2.45) is 5.92 Å². The molecule has 2 aliphatic rings. The molecule has 9 heteroatoms. The maximum atomic E-state index is 14.1. The van der Waals surface area contributed by atoms with Crippen LogP contribution in [0.3, 0.4) is 0 Å². The van der Waals surface area contributed by atoms with Crippen molar-refractivity contribution in [1.82, 2.24) is 20.4 Å². The molecule has 2 N–H and O–H groups in total. The molecule has 0 saturated carbocycles. The summed E-state index contributed by atoms with van der Waals surface area (Å²) in [6.45, 7) is 5.91. The summed E-state index contributed by atoms with van der Waals surface area (Å²) < 4.78 is 14.1. The molecular weight excluding hydrogens is 391 g/mol. The normalized spacial score (nSPS) is 19.3. The van der Waals surface area contributed by atoms with Crippen molar-refractivity contribution in [3.63, 3.8) is 0 Å². The highest BCUT2D eigenvalue weighted by molar-refractivity contribution is 6.07. The van der Waals surface area contributed by atoms with Crippen LogP contribution in [-0.2, 0) is 9.59 Å². The Morgan fingerprint density at radius 3 is 2.37 bits per heavy atom. The summed E-state index contributed by atoms with van der Waals surface area (Å²) in [4.78, 5) is 52.6. The van der Waals surface area contributed by atoms with E-state index in [1.165, 1.54) is 19.2 Å². The molecule has 5 amide bonds. The van der Waals surface area contributed by atoms with Gasteiger partial charge in [-0.3, -0.25) is 19.3 Å². The molecule has 1 spiro atoms. The number of imide groups is 1. The lowest BCUT2D eigenvalue weighted by atomic mass is 9.87. The van der Waals surface area contributed by atoms with E-state index >= 15 is 0 Å². The first kappa shape index (κ1) is 21.7. The van der Waals surface area contributed by atoms with Crippen LogP contribution in [-0.4, -0.2) is 65.3 Å². The van der Waals surface area contributed by atoms with Crippen molar-refractivity contribution in [1.29, 1.82) is 0 Å². The van der Waals surface area contributed by atoms with Gasteiger partial charge < -0.3 is 15.5 Å². The number of piperidine rings is 1. The Labute approximate surface area is 174 Å². The SMILES string of the molecule is Cc1ccc(F)c(C(=O)N[C@@H](C(=O)N2CCC3(CC2)NC(=O)N(C)C3=O)C(C)C)c1. The monoisotopic (exact) mass is 418 g/mol. The van der Waals surface area contributed by atoms with Crippen molar-refractivity contribution in [2.45, 2.75) is 45.2 Å². The number of nitrogens with zero attached hydrogens (tertiary/aromatic N) is 2. The second-order valence-electron chi connectivity index (χ2n) is 8.38. The number of benzene rings is 1. The number of carbonyl (C=O) groups is 4. The van der Waals surface area contributed by atoms with Gasteiger partial charge in [-0.2, -0.15) is 0 Å². The first-order valence-corrected chi connectivity index (χ1v) is 10.0. The third-order valence-corrected chi connectivity index (χ3v) is 5.88. The fourth-order valence-corrected chi connectivity index (χ4v) is 3.95. The van der Waals surface area contributed by atoms with Crippen LogP contribution in [0.5, 0.6) is 0 Å². The molecule has 2 aliphatic heterocycles. The van der Waals surface area contributed by atoms with Crippen molar-refractivity contribution in [2.75, 3.05) is 20.1 Å². The van der Waals surface area contributed by atoms with Crippen LogP contribution in [0, 0.1) is 18.7 Å². The molecule has 1 aromatic carbocycles. The Bertz CT molecular complexity index is 893. The van der Waals surface area contributed by atoms with Crippen molar-refractivity contribution >= 4 is 23.8 Å². The molecule has 162 valence electrons. The van der Waals surface area contributed by atoms with Gasteiger partial charge in [0.2, 0.25) is 5.91 Å². The van der Waals surface area contributed by atoms with Crippen molar-refractivity contribution in [3.8, 4) is 0 Å². The number of carbonyl (C=O) groups excluding carboxylic acids is 4. The number of hydrogen-bond acceptors (Lipinski definition) is 4. The summed E-state index contributed by atoms with van der Waals surface area (Å²) in [6, 6.07) is 2.98. The van der Waals surface area contributed by atoms with Gasteiger partial charge in [0, 0.05) is 20.1 Å². The molecule has 1 aromatic rings. The number of urea groups is 1. The molecule has 2 saturated heterocycles. The Morgan fingerprint density at radius 2 is 1.83 bits per heavy atom. The molecule has 0 radical (unpaired) electrons. The molecular formula is C21H27FN4O4. The summed E-state index contributed by atoms with van der Waals surface area (Å²) in [5, 5.41) is 5.40. The predicted molar refractivity (Wildman–Crippen MR) is 107 cm³/mol. The summed E-state index contributed by atoms with van der Waals surface area (Å²) in [7, 11) is 1.43. The van der Waals surface area contributed by atoms with Gasteiger partial charge in [0.25, 0.3) is 11.8 Å². The summed E-state index contributed by atoms with van der Waals surface area (Å²) in [6.07, 6.45) is 0.609. The van der Waals surface area contributed by atoms with Crippen LogP contribution in [0.4, 0.5) is 9.18 Å². The largest absolute Gasteiger partial charge is 0.341 e. The Balaban J connectivity index is 1.69. The fraction of sp³-hybridized carbons (Fsp3) is 0.524. The molecule has 1 atom stereocenters. The second kappa shape index (κ2) is 8.04. The van der Waals surface area contributed by atoms with Gasteiger partial charge in [0.05, 0.1) is 5.56 Å². The van der Waals surface area contributed by atoms with Gasteiger partial charge >= 0.3 is 6.03 Å². The van der Waals surface area contributed by atoms with E-state index in [1.807, 2.05) is 0 Å².